The number of hydrogen-bond acceptors (Lipinski definition) is 4. The van der Waals surface area contributed by atoms with Gasteiger partial charge in [0.05, 0.1) is 16.7 Å². The van der Waals surface area contributed by atoms with Gasteiger partial charge in [-0.05, 0) is 19.1 Å². The van der Waals surface area contributed by atoms with Crippen LogP contribution >= 0.6 is 11.3 Å². The Hall–Kier alpha value is -2.08. The topological polar surface area (TPSA) is 65.8 Å². The molecular formula is C13H14N4OS. The van der Waals surface area contributed by atoms with Crippen LogP contribution in [0.5, 0.6) is 0 Å². The molecule has 0 amide bonds. The van der Waals surface area contributed by atoms with Gasteiger partial charge >= 0.3 is 5.69 Å². The zero-order valence-electron chi connectivity index (χ0n) is 11.0. The standard InChI is InChI=1S/C13H14N4OS/c1-7-11(15-12(14)19-7)8-4-5-9-10(6-8)17(3)13(18)16(9)2/h4-6H,1-3H3,(H2,14,15). The molecule has 0 aliphatic carbocycles. The van der Waals surface area contributed by atoms with Crippen molar-refractivity contribution in [1.82, 2.24) is 14.1 Å². The molecule has 0 atom stereocenters. The van der Waals surface area contributed by atoms with Crippen molar-refractivity contribution in [3.63, 3.8) is 0 Å². The van der Waals surface area contributed by atoms with Gasteiger partial charge in [0.1, 0.15) is 0 Å². The summed E-state index contributed by atoms with van der Waals surface area (Å²) in [6.07, 6.45) is 0. The molecule has 0 bridgehead atoms. The maximum Gasteiger partial charge on any atom is 0.328 e. The molecular weight excluding hydrogens is 260 g/mol. The number of aromatic nitrogens is 3. The van der Waals surface area contributed by atoms with Gasteiger partial charge in [-0.25, -0.2) is 9.78 Å². The molecule has 3 rings (SSSR count). The molecule has 0 unspecified atom stereocenters. The predicted molar refractivity (Wildman–Crippen MR) is 78.4 cm³/mol. The van der Waals surface area contributed by atoms with Gasteiger partial charge in [-0.1, -0.05) is 6.07 Å². The Balaban J connectivity index is 2.31. The van der Waals surface area contributed by atoms with Crippen molar-refractivity contribution in [2.45, 2.75) is 6.92 Å². The molecule has 2 aromatic heterocycles. The molecule has 0 aliphatic rings. The zero-order chi connectivity index (χ0) is 13.7. The molecule has 0 saturated heterocycles. The third-order valence-corrected chi connectivity index (χ3v) is 4.16. The van der Waals surface area contributed by atoms with Gasteiger partial charge in [-0.2, -0.15) is 0 Å². The Morgan fingerprint density at radius 2 is 1.89 bits per heavy atom. The molecule has 1 aromatic carbocycles. The highest BCUT2D eigenvalue weighted by Gasteiger charge is 2.12. The van der Waals surface area contributed by atoms with Crippen LogP contribution in [0.15, 0.2) is 23.0 Å². The summed E-state index contributed by atoms with van der Waals surface area (Å²) in [6.45, 7) is 2.00. The van der Waals surface area contributed by atoms with Crippen LogP contribution in [0.3, 0.4) is 0 Å². The van der Waals surface area contributed by atoms with Crippen molar-refractivity contribution in [2.75, 3.05) is 5.73 Å². The Morgan fingerprint density at radius 3 is 2.53 bits per heavy atom. The summed E-state index contributed by atoms with van der Waals surface area (Å²) < 4.78 is 3.28. The van der Waals surface area contributed by atoms with E-state index in [1.165, 1.54) is 11.3 Å². The molecule has 19 heavy (non-hydrogen) atoms. The minimum absolute atomic E-state index is 0.0262. The first-order valence-corrected chi connectivity index (χ1v) is 6.69. The molecule has 0 saturated carbocycles. The van der Waals surface area contributed by atoms with Crippen LogP contribution in [0.25, 0.3) is 22.3 Å². The largest absolute Gasteiger partial charge is 0.375 e. The van der Waals surface area contributed by atoms with Gasteiger partial charge in [0.2, 0.25) is 0 Å². The van der Waals surface area contributed by atoms with Crippen LogP contribution in [0.1, 0.15) is 4.88 Å². The number of thiazole rings is 1. The van der Waals surface area contributed by atoms with Crippen molar-refractivity contribution in [3.8, 4) is 11.3 Å². The monoisotopic (exact) mass is 274 g/mol. The van der Waals surface area contributed by atoms with Crippen molar-refractivity contribution in [3.05, 3.63) is 33.6 Å². The molecule has 0 spiro atoms. The average Bonchev–Trinajstić information content (AvgIpc) is 2.83. The molecule has 0 aliphatic heterocycles. The van der Waals surface area contributed by atoms with Crippen LogP contribution in [-0.4, -0.2) is 14.1 Å². The Morgan fingerprint density at radius 1 is 1.21 bits per heavy atom. The summed E-state index contributed by atoms with van der Waals surface area (Å²) in [6, 6.07) is 5.91. The van der Waals surface area contributed by atoms with Gasteiger partial charge in [0.25, 0.3) is 0 Å². The van der Waals surface area contributed by atoms with E-state index in [-0.39, 0.29) is 5.69 Å². The van der Waals surface area contributed by atoms with Crippen LogP contribution in [0, 0.1) is 6.92 Å². The van der Waals surface area contributed by atoms with E-state index in [0.717, 1.165) is 27.2 Å². The van der Waals surface area contributed by atoms with E-state index in [4.69, 9.17) is 5.73 Å². The van der Waals surface area contributed by atoms with Gasteiger partial charge in [0, 0.05) is 24.5 Å². The summed E-state index contributed by atoms with van der Waals surface area (Å²) in [7, 11) is 3.55. The lowest BCUT2D eigenvalue weighted by molar-refractivity contribution is 0.795. The summed E-state index contributed by atoms with van der Waals surface area (Å²) >= 11 is 1.47. The molecule has 6 heteroatoms. The highest BCUT2D eigenvalue weighted by atomic mass is 32.1. The number of aryl methyl sites for hydroxylation is 3. The molecule has 0 radical (unpaired) electrons. The summed E-state index contributed by atoms with van der Waals surface area (Å²) in [4.78, 5) is 17.3. The zero-order valence-corrected chi connectivity index (χ0v) is 11.8. The van der Waals surface area contributed by atoms with Crippen LogP contribution in [-0.2, 0) is 14.1 Å². The number of anilines is 1. The van der Waals surface area contributed by atoms with E-state index in [9.17, 15) is 4.79 Å². The predicted octanol–water partition coefficient (Wildman–Crippen LogP) is 1.89. The normalized spacial score (nSPS) is 11.3. The maximum atomic E-state index is 11.9. The summed E-state index contributed by atoms with van der Waals surface area (Å²) in [5.41, 5.74) is 9.40. The Kier molecular flexibility index (Phi) is 2.50. The number of nitrogens with zero attached hydrogens (tertiary/aromatic N) is 3. The Bertz CT molecular complexity index is 840. The molecule has 5 nitrogen and oxygen atoms in total. The second-order valence-electron chi connectivity index (χ2n) is 4.56. The number of imidazole rings is 1. The first-order valence-electron chi connectivity index (χ1n) is 5.88. The van der Waals surface area contributed by atoms with E-state index in [2.05, 4.69) is 4.98 Å². The SMILES string of the molecule is Cc1sc(N)nc1-c1ccc2c(c1)n(C)c(=O)n2C. The van der Waals surface area contributed by atoms with Crippen molar-refractivity contribution in [2.24, 2.45) is 14.1 Å². The molecule has 98 valence electrons. The fraction of sp³-hybridized carbons (Fsp3) is 0.231. The second-order valence-corrected chi connectivity index (χ2v) is 5.80. The molecule has 2 N–H and O–H groups in total. The maximum absolute atomic E-state index is 11.9. The number of nitrogen functional groups attached to an aromatic ring is 1. The lowest BCUT2D eigenvalue weighted by Gasteiger charge is -2.01. The van der Waals surface area contributed by atoms with Crippen LogP contribution in [0.4, 0.5) is 5.13 Å². The van der Waals surface area contributed by atoms with E-state index < -0.39 is 0 Å². The first kappa shape index (κ1) is 12.0. The van der Waals surface area contributed by atoms with E-state index in [1.54, 1.807) is 23.2 Å². The van der Waals surface area contributed by atoms with Crippen molar-refractivity contribution < 1.29 is 0 Å². The number of benzene rings is 1. The van der Waals surface area contributed by atoms with Crippen molar-refractivity contribution in [1.29, 1.82) is 0 Å². The van der Waals surface area contributed by atoms with Crippen LogP contribution in [0.2, 0.25) is 0 Å². The lowest BCUT2D eigenvalue weighted by Crippen LogP contribution is -2.19. The van der Waals surface area contributed by atoms with Gasteiger partial charge in [-0.15, -0.1) is 11.3 Å². The number of fused-ring (bicyclic) bond motifs is 1. The minimum atomic E-state index is -0.0262. The molecule has 2 heterocycles. The van der Waals surface area contributed by atoms with E-state index in [1.807, 2.05) is 25.1 Å². The third kappa shape index (κ3) is 1.67. The summed E-state index contributed by atoms with van der Waals surface area (Å²) in [5.74, 6) is 0. The average molecular weight is 274 g/mol. The summed E-state index contributed by atoms with van der Waals surface area (Å²) in [5, 5.41) is 0.564. The third-order valence-electron chi connectivity index (χ3n) is 3.36. The molecule has 0 fully saturated rings. The number of nitrogens with two attached hydrogens (primary N) is 1. The lowest BCUT2D eigenvalue weighted by atomic mass is 10.1. The molecule has 3 aromatic rings. The first-order chi connectivity index (χ1) is 8.99. The van der Waals surface area contributed by atoms with Gasteiger partial charge < -0.3 is 5.73 Å². The van der Waals surface area contributed by atoms with Gasteiger partial charge in [-0.3, -0.25) is 9.13 Å². The van der Waals surface area contributed by atoms with Crippen molar-refractivity contribution >= 4 is 27.5 Å². The number of hydrogen-bond donors (Lipinski definition) is 1. The minimum Gasteiger partial charge on any atom is -0.375 e. The smallest absolute Gasteiger partial charge is 0.328 e. The van der Waals surface area contributed by atoms with Gasteiger partial charge in [0.15, 0.2) is 5.13 Å². The fourth-order valence-corrected chi connectivity index (χ4v) is 3.05. The van der Waals surface area contributed by atoms with E-state index in [0.29, 0.717) is 5.13 Å². The fourth-order valence-electron chi connectivity index (χ4n) is 2.34. The number of rotatable bonds is 1. The quantitative estimate of drug-likeness (QED) is 0.737. The van der Waals surface area contributed by atoms with Crippen LogP contribution < -0.4 is 11.4 Å². The van der Waals surface area contributed by atoms with E-state index >= 15 is 0 Å². The Labute approximate surface area is 113 Å². The highest BCUT2D eigenvalue weighted by molar-refractivity contribution is 7.15. The highest BCUT2D eigenvalue weighted by Crippen LogP contribution is 2.30. The second kappa shape index (κ2) is 3.96.